The Morgan fingerprint density at radius 3 is 2.96 bits per heavy atom. The van der Waals surface area contributed by atoms with Crippen molar-refractivity contribution in [2.75, 3.05) is 20.2 Å². The summed E-state index contributed by atoms with van der Waals surface area (Å²) in [4.78, 5) is 14.5. The van der Waals surface area contributed by atoms with Gasteiger partial charge < -0.3 is 9.64 Å². The summed E-state index contributed by atoms with van der Waals surface area (Å²) in [5.74, 6) is 1.37. The number of carbonyl (C=O) groups is 1. The molecule has 1 amide bonds. The first-order valence-corrected chi connectivity index (χ1v) is 8.09. The highest BCUT2D eigenvalue weighted by molar-refractivity contribution is 5.94. The molecular weight excluding hydrogens is 292 g/mol. The van der Waals surface area contributed by atoms with E-state index >= 15 is 0 Å². The molecule has 0 N–H and O–H groups in total. The highest BCUT2D eigenvalue weighted by Crippen LogP contribution is 2.39. The van der Waals surface area contributed by atoms with E-state index in [2.05, 4.69) is 16.5 Å². The van der Waals surface area contributed by atoms with Crippen LogP contribution in [0.1, 0.15) is 47.3 Å². The van der Waals surface area contributed by atoms with Crippen LogP contribution in [-0.2, 0) is 0 Å². The summed E-state index contributed by atoms with van der Waals surface area (Å²) in [7, 11) is 1.61. The highest BCUT2D eigenvalue weighted by Gasteiger charge is 2.31. The lowest BCUT2D eigenvalue weighted by Gasteiger charge is -2.17. The molecule has 120 valence electrons. The van der Waals surface area contributed by atoms with Crippen molar-refractivity contribution in [3.63, 3.8) is 0 Å². The van der Waals surface area contributed by atoms with Gasteiger partial charge in [0.25, 0.3) is 5.91 Å². The van der Waals surface area contributed by atoms with Crippen LogP contribution in [0.3, 0.4) is 0 Å². The average molecular weight is 312 g/mol. The van der Waals surface area contributed by atoms with Crippen molar-refractivity contribution in [1.82, 2.24) is 19.9 Å². The van der Waals surface area contributed by atoms with E-state index in [1.165, 1.54) is 12.8 Å². The summed E-state index contributed by atoms with van der Waals surface area (Å²) in [6.07, 6.45) is 5.43. The Labute approximate surface area is 135 Å². The Morgan fingerprint density at radius 2 is 2.17 bits per heavy atom. The third-order valence-corrected chi connectivity index (χ3v) is 4.67. The van der Waals surface area contributed by atoms with Gasteiger partial charge in [-0.15, -0.1) is 5.10 Å². The van der Waals surface area contributed by atoms with Gasteiger partial charge in [0.2, 0.25) is 0 Å². The minimum absolute atomic E-state index is 0.0499. The summed E-state index contributed by atoms with van der Waals surface area (Å²) in [6.45, 7) is 1.43. The molecule has 1 saturated heterocycles. The summed E-state index contributed by atoms with van der Waals surface area (Å²) in [5, 5.41) is 8.53. The predicted molar refractivity (Wildman–Crippen MR) is 84.5 cm³/mol. The standard InChI is InChI=1S/C17H20N4O2/c1-23-15-4-2-3-13(9-15)17(22)20-8-7-14(10-20)21-11-16(18-19-21)12-5-6-12/h2-4,9,11-12,14H,5-8,10H2,1H3. The third-order valence-electron chi connectivity index (χ3n) is 4.67. The van der Waals surface area contributed by atoms with Gasteiger partial charge >= 0.3 is 0 Å². The molecule has 0 spiro atoms. The Hall–Kier alpha value is -2.37. The summed E-state index contributed by atoms with van der Waals surface area (Å²) >= 11 is 0. The quantitative estimate of drug-likeness (QED) is 0.869. The van der Waals surface area contributed by atoms with Gasteiger partial charge in [-0.1, -0.05) is 11.3 Å². The summed E-state index contributed by atoms with van der Waals surface area (Å²) < 4.78 is 7.13. The van der Waals surface area contributed by atoms with Crippen molar-refractivity contribution in [2.24, 2.45) is 0 Å². The van der Waals surface area contributed by atoms with Crippen LogP contribution >= 0.6 is 0 Å². The van der Waals surface area contributed by atoms with Gasteiger partial charge in [-0.05, 0) is 37.5 Å². The van der Waals surface area contributed by atoms with Crippen molar-refractivity contribution in [2.45, 2.75) is 31.2 Å². The van der Waals surface area contributed by atoms with E-state index in [0.29, 0.717) is 23.8 Å². The molecule has 1 aromatic heterocycles. The first-order chi connectivity index (χ1) is 11.2. The molecule has 0 radical (unpaired) electrons. The van der Waals surface area contributed by atoms with Crippen LogP contribution < -0.4 is 4.74 Å². The number of likely N-dealkylation sites (tertiary alicyclic amines) is 1. The molecule has 2 heterocycles. The van der Waals surface area contributed by atoms with Crippen LogP contribution in [0.15, 0.2) is 30.5 Å². The lowest BCUT2D eigenvalue weighted by atomic mass is 10.2. The van der Waals surface area contributed by atoms with Crippen molar-refractivity contribution in [3.8, 4) is 5.75 Å². The number of carbonyl (C=O) groups excluding carboxylic acids is 1. The fourth-order valence-electron chi connectivity index (χ4n) is 3.12. The fourth-order valence-corrected chi connectivity index (χ4v) is 3.12. The van der Waals surface area contributed by atoms with Gasteiger partial charge in [-0.25, -0.2) is 4.68 Å². The molecule has 1 saturated carbocycles. The Bertz CT molecular complexity index is 723. The Morgan fingerprint density at radius 1 is 1.30 bits per heavy atom. The first kappa shape index (κ1) is 14.2. The number of nitrogens with zero attached hydrogens (tertiary/aromatic N) is 4. The van der Waals surface area contributed by atoms with Gasteiger partial charge in [0.1, 0.15) is 5.75 Å². The number of hydrogen-bond donors (Lipinski definition) is 0. The molecule has 2 fully saturated rings. The van der Waals surface area contributed by atoms with Gasteiger partial charge in [0.15, 0.2) is 0 Å². The maximum Gasteiger partial charge on any atom is 0.254 e. The van der Waals surface area contributed by atoms with Crippen LogP contribution in [0.5, 0.6) is 5.75 Å². The molecule has 1 atom stereocenters. The van der Waals surface area contributed by atoms with Crippen molar-refractivity contribution in [3.05, 3.63) is 41.7 Å². The zero-order valence-corrected chi connectivity index (χ0v) is 13.2. The zero-order valence-electron chi connectivity index (χ0n) is 13.2. The number of benzene rings is 1. The maximum absolute atomic E-state index is 12.6. The molecule has 1 unspecified atom stereocenters. The zero-order chi connectivity index (χ0) is 15.8. The van der Waals surface area contributed by atoms with Crippen molar-refractivity contribution >= 4 is 5.91 Å². The number of hydrogen-bond acceptors (Lipinski definition) is 4. The molecule has 6 heteroatoms. The maximum atomic E-state index is 12.6. The smallest absolute Gasteiger partial charge is 0.254 e. The normalized spacial score (nSPS) is 20.7. The van der Waals surface area contributed by atoms with E-state index in [1.54, 1.807) is 13.2 Å². The van der Waals surface area contributed by atoms with Gasteiger partial charge in [-0.3, -0.25) is 4.79 Å². The van der Waals surface area contributed by atoms with E-state index in [9.17, 15) is 4.79 Å². The third kappa shape index (κ3) is 2.81. The molecule has 6 nitrogen and oxygen atoms in total. The topological polar surface area (TPSA) is 60.2 Å². The van der Waals surface area contributed by atoms with E-state index in [4.69, 9.17) is 4.74 Å². The molecule has 4 rings (SSSR count). The Balaban J connectivity index is 1.45. The SMILES string of the molecule is COc1cccc(C(=O)N2CCC(n3cc(C4CC4)nn3)C2)c1. The number of rotatable bonds is 4. The summed E-state index contributed by atoms with van der Waals surface area (Å²) in [6, 6.07) is 7.54. The second-order valence-electron chi connectivity index (χ2n) is 6.32. The predicted octanol–water partition coefficient (Wildman–Crippen LogP) is 2.25. The van der Waals surface area contributed by atoms with E-state index in [0.717, 1.165) is 18.7 Å². The highest BCUT2D eigenvalue weighted by atomic mass is 16.5. The molecule has 2 aliphatic rings. The van der Waals surface area contributed by atoms with Crippen molar-refractivity contribution in [1.29, 1.82) is 0 Å². The lowest BCUT2D eigenvalue weighted by Crippen LogP contribution is -2.29. The van der Waals surface area contributed by atoms with Crippen LogP contribution in [0.2, 0.25) is 0 Å². The second-order valence-corrected chi connectivity index (χ2v) is 6.32. The van der Waals surface area contributed by atoms with Gasteiger partial charge in [0, 0.05) is 30.8 Å². The van der Waals surface area contributed by atoms with E-state index < -0.39 is 0 Å². The lowest BCUT2D eigenvalue weighted by molar-refractivity contribution is 0.0786. The number of aromatic nitrogens is 3. The fraction of sp³-hybridized carbons (Fsp3) is 0.471. The molecule has 1 aliphatic heterocycles. The number of methoxy groups -OCH3 is 1. The average Bonchev–Trinajstić information content (AvgIpc) is 3.13. The number of ether oxygens (including phenoxy) is 1. The van der Waals surface area contributed by atoms with E-state index in [1.807, 2.05) is 27.8 Å². The molecule has 2 aromatic rings. The first-order valence-electron chi connectivity index (χ1n) is 8.09. The second kappa shape index (κ2) is 5.68. The van der Waals surface area contributed by atoms with E-state index in [-0.39, 0.29) is 11.9 Å². The van der Waals surface area contributed by atoms with Crippen LogP contribution in [0.4, 0.5) is 0 Å². The molecule has 1 aliphatic carbocycles. The summed E-state index contributed by atoms with van der Waals surface area (Å²) in [5.41, 5.74) is 1.77. The molecular formula is C17H20N4O2. The Kier molecular flexibility index (Phi) is 3.52. The van der Waals surface area contributed by atoms with Gasteiger partial charge in [0.05, 0.1) is 18.8 Å². The molecule has 0 bridgehead atoms. The van der Waals surface area contributed by atoms with Crippen LogP contribution in [-0.4, -0.2) is 46.0 Å². The van der Waals surface area contributed by atoms with Crippen LogP contribution in [0, 0.1) is 0 Å². The number of amides is 1. The minimum atomic E-state index is 0.0499. The van der Waals surface area contributed by atoms with Crippen LogP contribution in [0.25, 0.3) is 0 Å². The molecule has 1 aromatic carbocycles. The minimum Gasteiger partial charge on any atom is -0.497 e. The van der Waals surface area contributed by atoms with Gasteiger partial charge in [-0.2, -0.15) is 0 Å². The largest absolute Gasteiger partial charge is 0.497 e. The van der Waals surface area contributed by atoms with Crippen molar-refractivity contribution < 1.29 is 9.53 Å². The monoisotopic (exact) mass is 312 g/mol. The molecule has 23 heavy (non-hydrogen) atoms.